The van der Waals surface area contributed by atoms with E-state index in [0.29, 0.717) is 12.6 Å². The molecule has 1 saturated heterocycles. The number of hydrogen-bond donors (Lipinski definition) is 1. The van der Waals surface area contributed by atoms with Crippen LogP contribution in [-0.2, 0) is 13.0 Å². The van der Waals surface area contributed by atoms with Gasteiger partial charge < -0.3 is 15.0 Å². The van der Waals surface area contributed by atoms with Gasteiger partial charge >= 0.3 is 0 Å². The SMILES string of the molecule is CCN1CCCC1Cc1cn2cccc(CN)c2n1. The maximum absolute atomic E-state index is 5.77. The van der Waals surface area contributed by atoms with Crippen LogP contribution in [0.3, 0.4) is 0 Å². The highest BCUT2D eigenvalue weighted by Gasteiger charge is 2.24. The standard InChI is InChI=1S/C15H22N4/c1-2-18-7-4-6-14(18)9-13-11-19-8-3-5-12(10-16)15(19)17-13/h3,5,8,11,14H,2,4,6-7,9-10,16H2,1H3. The molecule has 1 fully saturated rings. The molecule has 3 heterocycles. The van der Waals surface area contributed by atoms with Gasteiger partial charge in [0.25, 0.3) is 0 Å². The lowest BCUT2D eigenvalue weighted by Gasteiger charge is -2.21. The molecule has 3 rings (SSSR count). The molecule has 0 spiro atoms. The largest absolute Gasteiger partial charge is 0.326 e. The lowest BCUT2D eigenvalue weighted by Crippen LogP contribution is -2.30. The summed E-state index contributed by atoms with van der Waals surface area (Å²) in [5.74, 6) is 0. The topological polar surface area (TPSA) is 46.6 Å². The van der Waals surface area contributed by atoms with Gasteiger partial charge in [0.15, 0.2) is 0 Å². The third-order valence-electron chi connectivity index (χ3n) is 4.18. The van der Waals surface area contributed by atoms with Gasteiger partial charge in [-0.1, -0.05) is 13.0 Å². The van der Waals surface area contributed by atoms with Gasteiger partial charge in [0.05, 0.1) is 5.69 Å². The van der Waals surface area contributed by atoms with Crippen LogP contribution in [0.1, 0.15) is 31.0 Å². The molecule has 1 aliphatic heterocycles. The molecule has 0 radical (unpaired) electrons. The Morgan fingerprint density at radius 1 is 1.47 bits per heavy atom. The zero-order chi connectivity index (χ0) is 13.2. The molecule has 0 amide bonds. The number of aromatic nitrogens is 2. The molecule has 1 aliphatic rings. The van der Waals surface area contributed by atoms with Crippen molar-refractivity contribution in [2.24, 2.45) is 5.73 Å². The monoisotopic (exact) mass is 258 g/mol. The first kappa shape index (κ1) is 12.6. The van der Waals surface area contributed by atoms with E-state index in [0.717, 1.165) is 24.2 Å². The lowest BCUT2D eigenvalue weighted by molar-refractivity contribution is 0.265. The van der Waals surface area contributed by atoms with E-state index in [1.165, 1.54) is 25.1 Å². The molecule has 2 aromatic heterocycles. The molecular weight excluding hydrogens is 236 g/mol. The molecule has 102 valence electrons. The highest BCUT2D eigenvalue weighted by Crippen LogP contribution is 2.21. The fourth-order valence-corrected chi connectivity index (χ4v) is 3.16. The number of rotatable bonds is 4. The van der Waals surface area contributed by atoms with Crippen LogP contribution in [-0.4, -0.2) is 33.4 Å². The zero-order valence-electron chi connectivity index (χ0n) is 11.5. The fraction of sp³-hybridized carbons (Fsp3) is 0.533. The van der Waals surface area contributed by atoms with Crippen molar-refractivity contribution in [2.45, 2.75) is 38.8 Å². The van der Waals surface area contributed by atoms with Crippen LogP contribution in [0.5, 0.6) is 0 Å². The molecule has 1 unspecified atom stereocenters. The number of pyridine rings is 1. The Balaban J connectivity index is 1.85. The summed E-state index contributed by atoms with van der Waals surface area (Å²) in [5.41, 5.74) is 9.09. The van der Waals surface area contributed by atoms with E-state index in [1.54, 1.807) is 0 Å². The third kappa shape index (κ3) is 2.38. The summed E-state index contributed by atoms with van der Waals surface area (Å²) in [5, 5.41) is 0. The molecule has 2 N–H and O–H groups in total. The van der Waals surface area contributed by atoms with Gasteiger partial charge in [-0.25, -0.2) is 4.98 Å². The van der Waals surface area contributed by atoms with E-state index >= 15 is 0 Å². The van der Waals surface area contributed by atoms with E-state index < -0.39 is 0 Å². The summed E-state index contributed by atoms with van der Waals surface area (Å²) in [6.45, 7) is 5.18. The van der Waals surface area contributed by atoms with Crippen molar-refractivity contribution in [1.82, 2.24) is 14.3 Å². The van der Waals surface area contributed by atoms with Crippen LogP contribution < -0.4 is 5.73 Å². The van der Waals surface area contributed by atoms with Crippen molar-refractivity contribution in [3.05, 3.63) is 35.8 Å². The van der Waals surface area contributed by atoms with Gasteiger partial charge in [-0.15, -0.1) is 0 Å². The second kappa shape index (κ2) is 5.31. The summed E-state index contributed by atoms with van der Waals surface area (Å²) in [4.78, 5) is 7.34. The molecule has 2 aromatic rings. The van der Waals surface area contributed by atoms with E-state index in [9.17, 15) is 0 Å². The number of likely N-dealkylation sites (tertiary alicyclic amines) is 1. The van der Waals surface area contributed by atoms with Gasteiger partial charge in [0.1, 0.15) is 5.65 Å². The first-order valence-electron chi connectivity index (χ1n) is 7.21. The van der Waals surface area contributed by atoms with Crippen LogP contribution in [0.2, 0.25) is 0 Å². The van der Waals surface area contributed by atoms with E-state index in [-0.39, 0.29) is 0 Å². The van der Waals surface area contributed by atoms with E-state index in [2.05, 4.69) is 34.7 Å². The lowest BCUT2D eigenvalue weighted by atomic mass is 10.1. The summed E-state index contributed by atoms with van der Waals surface area (Å²) in [7, 11) is 0. The van der Waals surface area contributed by atoms with Crippen LogP contribution in [0.25, 0.3) is 5.65 Å². The molecule has 0 aromatic carbocycles. The van der Waals surface area contributed by atoms with Crippen molar-refractivity contribution in [1.29, 1.82) is 0 Å². The van der Waals surface area contributed by atoms with Crippen molar-refractivity contribution in [3.8, 4) is 0 Å². The predicted molar refractivity (Wildman–Crippen MR) is 77.1 cm³/mol. The number of hydrogen-bond acceptors (Lipinski definition) is 3. The fourth-order valence-electron chi connectivity index (χ4n) is 3.16. The van der Waals surface area contributed by atoms with Gasteiger partial charge in [-0.3, -0.25) is 0 Å². The minimum absolute atomic E-state index is 0.547. The molecule has 0 saturated carbocycles. The summed E-state index contributed by atoms with van der Waals surface area (Å²) in [6.07, 6.45) is 7.88. The van der Waals surface area contributed by atoms with Crippen molar-refractivity contribution < 1.29 is 0 Å². The van der Waals surface area contributed by atoms with Crippen molar-refractivity contribution in [3.63, 3.8) is 0 Å². The summed E-state index contributed by atoms with van der Waals surface area (Å²) < 4.78 is 2.10. The number of imidazole rings is 1. The second-order valence-corrected chi connectivity index (χ2v) is 5.33. The Labute approximate surface area is 114 Å². The van der Waals surface area contributed by atoms with Gasteiger partial charge in [0.2, 0.25) is 0 Å². The normalized spacial score (nSPS) is 20.4. The summed E-state index contributed by atoms with van der Waals surface area (Å²) >= 11 is 0. The molecule has 1 atom stereocenters. The number of nitrogens with two attached hydrogens (primary N) is 1. The molecule has 0 bridgehead atoms. The smallest absolute Gasteiger partial charge is 0.141 e. The highest BCUT2D eigenvalue weighted by atomic mass is 15.2. The van der Waals surface area contributed by atoms with Crippen LogP contribution >= 0.6 is 0 Å². The Kier molecular flexibility index (Phi) is 3.53. The molecule has 4 nitrogen and oxygen atoms in total. The Bertz CT molecular complexity index is 560. The van der Waals surface area contributed by atoms with Crippen LogP contribution in [0.4, 0.5) is 0 Å². The van der Waals surface area contributed by atoms with Crippen molar-refractivity contribution >= 4 is 5.65 Å². The van der Waals surface area contributed by atoms with Gasteiger partial charge in [-0.05, 0) is 32.0 Å². The quantitative estimate of drug-likeness (QED) is 0.910. The maximum atomic E-state index is 5.77. The number of fused-ring (bicyclic) bond motifs is 1. The average Bonchev–Trinajstić information content (AvgIpc) is 3.04. The zero-order valence-corrected chi connectivity index (χ0v) is 11.5. The minimum Gasteiger partial charge on any atom is -0.326 e. The molecule has 0 aliphatic carbocycles. The Hall–Kier alpha value is -1.39. The van der Waals surface area contributed by atoms with Crippen LogP contribution in [0.15, 0.2) is 24.5 Å². The first-order valence-corrected chi connectivity index (χ1v) is 7.21. The van der Waals surface area contributed by atoms with E-state index in [1.807, 2.05) is 6.07 Å². The van der Waals surface area contributed by atoms with Gasteiger partial charge in [0, 0.05) is 37.0 Å². The molecule has 19 heavy (non-hydrogen) atoms. The van der Waals surface area contributed by atoms with Gasteiger partial charge in [-0.2, -0.15) is 0 Å². The summed E-state index contributed by atoms with van der Waals surface area (Å²) in [6, 6.07) is 4.76. The number of likely N-dealkylation sites (N-methyl/N-ethyl adjacent to an activating group) is 1. The minimum atomic E-state index is 0.547. The number of nitrogens with zero attached hydrogens (tertiary/aromatic N) is 3. The molecule has 4 heteroatoms. The Morgan fingerprint density at radius 3 is 3.16 bits per heavy atom. The molecular formula is C15H22N4. The van der Waals surface area contributed by atoms with E-state index in [4.69, 9.17) is 10.7 Å². The Morgan fingerprint density at radius 2 is 2.37 bits per heavy atom. The second-order valence-electron chi connectivity index (χ2n) is 5.33. The first-order chi connectivity index (χ1) is 9.31. The van der Waals surface area contributed by atoms with Crippen molar-refractivity contribution in [2.75, 3.05) is 13.1 Å². The predicted octanol–water partition coefficient (Wildman–Crippen LogP) is 1.82. The highest BCUT2D eigenvalue weighted by molar-refractivity contribution is 5.48. The van der Waals surface area contributed by atoms with Crippen LogP contribution in [0, 0.1) is 0 Å². The third-order valence-corrected chi connectivity index (χ3v) is 4.18. The average molecular weight is 258 g/mol. The maximum Gasteiger partial charge on any atom is 0.141 e.